The summed E-state index contributed by atoms with van der Waals surface area (Å²) in [4.78, 5) is 8.74. The van der Waals surface area contributed by atoms with Crippen LogP contribution in [0.1, 0.15) is 5.69 Å². The first-order chi connectivity index (χ1) is 10.1. The molecular weight excluding hydrogens is 379 g/mol. The van der Waals surface area contributed by atoms with Crippen LogP contribution >= 0.6 is 22.6 Å². The molecular formula is C15H13IN4O. The first kappa shape index (κ1) is 14.0. The molecule has 0 spiro atoms. The van der Waals surface area contributed by atoms with E-state index in [9.17, 15) is 0 Å². The number of hydrogen-bond donors (Lipinski definition) is 0. The van der Waals surface area contributed by atoms with Crippen molar-refractivity contribution in [2.45, 2.75) is 6.92 Å². The number of halogens is 1. The average Bonchev–Trinajstić information content (AvgIpc) is 2.89. The third-order valence-corrected chi connectivity index (χ3v) is 3.56. The van der Waals surface area contributed by atoms with Crippen LogP contribution in [0, 0.1) is 10.6 Å². The van der Waals surface area contributed by atoms with Crippen LogP contribution < -0.4 is 4.74 Å². The quantitative estimate of drug-likeness (QED) is 0.505. The molecule has 21 heavy (non-hydrogen) atoms. The largest absolute Gasteiger partial charge is 0.455 e. The van der Waals surface area contributed by atoms with Crippen LogP contribution in [0.15, 0.2) is 42.9 Å². The monoisotopic (exact) mass is 392 g/mol. The van der Waals surface area contributed by atoms with E-state index in [-0.39, 0.29) is 0 Å². The predicted octanol–water partition coefficient (Wildman–Crippen LogP) is 3.58. The number of pyridine rings is 2. The van der Waals surface area contributed by atoms with Crippen LogP contribution in [0.2, 0.25) is 0 Å². The molecule has 3 aromatic rings. The molecule has 0 atom stereocenters. The van der Waals surface area contributed by atoms with Gasteiger partial charge in [0.15, 0.2) is 0 Å². The molecule has 0 fully saturated rings. The summed E-state index contributed by atoms with van der Waals surface area (Å²) in [6, 6.07) is 7.58. The summed E-state index contributed by atoms with van der Waals surface area (Å²) in [6.07, 6.45) is 5.43. The molecule has 3 rings (SSSR count). The van der Waals surface area contributed by atoms with Crippen LogP contribution in [0.25, 0.3) is 11.3 Å². The Kier molecular flexibility index (Phi) is 3.87. The van der Waals surface area contributed by atoms with E-state index in [2.05, 4.69) is 37.7 Å². The zero-order valence-corrected chi connectivity index (χ0v) is 13.8. The lowest BCUT2D eigenvalue weighted by molar-refractivity contribution is 0.475. The van der Waals surface area contributed by atoms with Crippen LogP contribution in [0.3, 0.4) is 0 Å². The van der Waals surface area contributed by atoms with Crippen molar-refractivity contribution >= 4 is 22.6 Å². The van der Waals surface area contributed by atoms with E-state index >= 15 is 0 Å². The molecule has 0 aromatic carbocycles. The minimum Gasteiger partial charge on any atom is -0.455 e. The molecule has 106 valence electrons. The van der Waals surface area contributed by atoms with Crippen molar-refractivity contribution in [3.8, 4) is 22.8 Å². The summed E-state index contributed by atoms with van der Waals surface area (Å²) < 4.78 is 8.60. The molecule has 0 N–H and O–H groups in total. The fraction of sp³-hybridized carbons (Fsp3) is 0.133. The third-order valence-electron chi connectivity index (χ3n) is 2.96. The standard InChI is InChI=1S/C15H13IN4O/c1-10-14(3-4-15(16)19-10)21-12-5-6-17-13(7-12)11-8-18-20(2)9-11/h3-9H,1-2H3. The molecule has 5 nitrogen and oxygen atoms in total. The Morgan fingerprint density at radius 1 is 1.24 bits per heavy atom. The first-order valence-corrected chi connectivity index (χ1v) is 7.46. The fourth-order valence-electron chi connectivity index (χ4n) is 1.94. The molecule has 0 aliphatic rings. The summed E-state index contributed by atoms with van der Waals surface area (Å²) in [6.45, 7) is 1.93. The number of aromatic nitrogens is 4. The van der Waals surface area contributed by atoms with Crippen molar-refractivity contribution in [2.24, 2.45) is 7.05 Å². The normalized spacial score (nSPS) is 10.6. The van der Waals surface area contributed by atoms with Gasteiger partial charge in [0.1, 0.15) is 15.2 Å². The van der Waals surface area contributed by atoms with Crippen molar-refractivity contribution in [3.63, 3.8) is 0 Å². The van der Waals surface area contributed by atoms with E-state index in [1.165, 1.54) is 0 Å². The van der Waals surface area contributed by atoms with Gasteiger partial charge in [-0.2, -0.15) is 5.10 Å². The highest BCUT2D eigenvalue weighted by Crippen LogP contribution is 2.27. The maximum atomic E-state index is 5.90. The van der Waals surface area contributed by atoms with Gasteiger partial charge in [-0.15, -0.1) is 0 Å². The fourth-order valence-corrected chi connectivity index (χ4v) is 2.48. The van der Waals surface area contributed by atoms with Crippen molar-refractivity contribution < 1.29 is 4.74 Å². The van der Waals surface area contributed by atoms with Gasteiger partial charge in [-0.1, -0.05) is 0 Å². The van der Waals surface area contributed by atoms with Gasteiger partial charge in [0.05, 0.1) is 17.6 Å². The average molecular weight is 392 g/mol. The molecule has 0 bridgehead atoms. The van der Waals surface area contributed by atoms with Crippen LogP contribution in [-0.2, 0) is 7.05 Å². The SMILES string of the molecule is Cc1nc(I)ccc1Oc1ccnc(-c2cnn(C)c2)c1. The van der Waals surface area contributed by atoms with Gasteiger partial charge >= 0.3 is 0 Å². The number of nitrogens with zero attached hydrogens (tertiary/aromatic N) is 4. The third kappa shape index (κ3) is 3.21. The Labute approximate surface area is 136 Å². The van der Waals surface area contributed by atoms with Gasteiger partial charge in [-0.05, 0) is 47.7 Å². The lowest BCUT2D eigenvalue weighted by atomic mass is 10.2. The molecule has 3 heterocycles. The molecule has 3 aromatic heterocycles. The molecule has 0 aliphatic heterocycles. The smallest absolute Gasteiger partial charge is 0.148 e. The van der Waals surface area contributed by atoms with Crippen LogP contribution in [0.5, 0.6) is 11.5 Å². The Morgan fingerprint density at radius 2 is 2.10 bits per heavy atom. The molecule has 0 radical (unpaired) electrons. The Balaban J connectivity index is 1.89. The van der Waals surface area contributed by atoms with Crippen molar-refractivity contribution in [2.75, 3.05) is 0 Å². The Bertz CT molecular complexity index is 785. The van der Waals surface area contributed by atoms with Gasteiger partial charge in [0, 0.05) is 31.1 Å². The zero-order chi connectivity index (χ0) is 14.8. The van der Waals surface area contributed by atoms with Gasteiger partial charge in [0.25, 0.3) is 0 Å². The molecule has 6 heteroatoms. The number of ether oxygens (including phenoxy) is 1. The highest BCUT2D eigenvalue weighted by molar-refractivity contribution is 14.1. The van der Waals surface area contributed by atoms with Crippen LogP contribution in [0.4, 0.5) is 0 Å². The van der Waals surface area contributed by atoms with E-state index < -0.39 is 0 Å². The van der Waals surface area contributed by atoms with Gasteiger partial charge < -0.3 is 4.74 Å². The van der Waals surface area contributed by atoms with E-state index in [0.717, 1.165) is 32.2 Å². The second-order valence-corrected chi connectivity index (χ2v) is 5.70. The summed E-state index contributed by atoms with van der Waals surface area (Å²) in [5.74, 6) is 1.48. The second-order valence-electron chi connectivity index (χ2n) is 4.60. The lowest BCUT2D eigenvalue weighted by Crippen LogP contribution is -1.93. The summed E-state index contributed by atoms with van der Waals surface area (Å²) in [7, 11) is 1.88. The Morgan fingerprint density at radius 3 is 2.81 bits per heavy atom. The lowest BCUT2D eigenvalue weighted by Gasteiger charge is -2.08. The number of rotatable bonds is 3. The van der Waals surface area contributed by atoms with Crippen molar-refractivity contribution in [3.05, 3.63) is 52.3 Å². The maximum Gasteiger partial charge on any atom is 0.148 e. The summed E-state index contributed by atoms with van der Waals surface area (Å²) in [5.41, 5.74) is 2.65. The van der Waals surface area contributed by atoms with Gasteiger partial charge in [-0.3, -0.25) is 9.67 Å². The minimum absolute atomic E-state index is 0.731. The molecule has 0 aliphatic carbocycles. The molecule has 0 saturated carbocycles. The summed E-state index contributed by atoms with van der Waals surface area (Å²) in [5, 5.41) is 4.16. The van der Waals surface area contributed by atoms with Gasteiger partial charge in [0.2, 0.25) is 0 Å². The predicted molar refractivity (Wildman–Crippen MR) is 88.2 cm³/mol. The van der Waals surface area contributed by atoms with Crippen molar-refractivity contribution in [1.29, 1.82) is 0 Å². The highest BCUT2D eigenvalue weighted by Gasteiger charge is 2.07. The van der Waals surface area contributed by atoms with Crippen LogP contribution in [-0.4, -0.2) is 19.7 Å². The molecule has 0 amide bonds. The highest BCUT2D eigenvalue weighted by atomic mass is 127. The van der Waals surface area contributed by atoms with Gasteiger partial charge in [-0.25, -0.2) is 4.98 Å². The molecule has 0 saturated heterocycles. The number of aryl methyl sites for hydroxylation is 2. The minimum atomic E-state index is 0.731. The topological polar surface area (TPSA) is 52.8 Å². The summed E-state index contributed by atoms with van der Waals surface area (Å²) >= 11 is 2.18. The molecule has 0 unspecified atom stereocenters. The van der Waals surface area contributed by atoms with E-state index in [1.807, 2.05) is 44.4 Å². The first-order valence-electron chi connectivity index (χ1n) is 6.38. The van der Waals surface area contributed by atoms with E-state index in [0.29, 0.717) is 0 Å². The van der Waals surface area contributed by atoms with Crippen molar-refractivity contribution in [1.82, 2.24) is 19.7 Å². The second kappa shape index (κ2) is 5.80. The zero-order valence-electron chi connectivity index (χ0n) is 11.6. The van der Waals surface area contributed by atoms with E-state index in [4.69, 9.17) is 4.74 Å². The Hall–Kier alpha value is -1.96. The van der Waals surface area contributed by atoms with E-state index in [1.54, 1.807) is 17.1 Å². The number of hydrogen-bond acceptors (Lipinski definition) is 4. The maximum absolute atomic E-state index is 5.90.